The van der Waals surface area contributed by atoms with Gasteiger partial charge in [0.25, 0.3) is 0 Å². The van der Waals surface area contributed by atoms with Crippen molar-refractivity contribution in [3.63, 3.8) is 0 Å². The molecule has 142 valence electrons. The molecule has 0 spiro atoms. The Balaban J connectivity index is 2.13. The standard InChI is InChI=1S/C14H18N10OS2/c15-6-18-7-20-26-10-3-2-9(8-1-4-11(16)19-5-8)12(13(10)27(17)25)14-21-23-24-22-14/h1-5,18,20H,6-7,15,17H2,(H2,16,19)(H,21,22,23,24). The summed E-state index contributed by atoms with van der Waals surface area (Å²) in [6.07, 6.45) is 1.62. The molecular formula is C14H18N10OS2. The smallest absolute Gasteiger partial charge is 0.206 e. The van der Waals surface area contributed by atoms with Gasteiger partial charge in [-0.25, -0.2) is 19.1 Å². The summed E-state index contributed by atoms with van der Waals surface area (Å²) in [5.41, 5.74) is 13.0. The van der Waals surface area contributed by atoms with Crippen LogP contribution in [0.25, 0.3) is 22.5 Å². The number of aromatic nitrogens is 5. The molecule has 27 heavy (non-hydrogen) atoms. The van der Waals surface area contributed by atoms with Gasteiger partial charge in [-0.3, -0.25) is 5.32 Å². The van der Waals surface area contributed by atoms with Crippen molar-refractivity contribution < 1.29 is 4.21 Å². The molecule has 0 bridgehead atoms. The average Bonchev–Trinajstić information content (AvgIpc) is 3.19. The molecule has 0 fully saturated rings. The maximum atomic E-state index is 12.4. The van der Waals surface area contributed by atoms with Crippen LogP contribution in [0.3, 0.4) is 0 Å². The maximum Gasteiger partial charge on any atom is 0.206 e. The van der Waals surface area contributed by atoms with E-state index in [1.165, 1.54) is 11.9 Å². The van der Waals surface area contributed by atoms with Crippen molar-refractivity contribution in [3.05, 3.63) is 30.5 Å². The number of nitrogens with one attached hydrogen (secondary N) is 3. The van der Waals surface area contributed by atoms with Crippen molar-refractivity contribution in [1.82, 2.24) is 35.6 Å². The predicted molar refractivity (Wildman–Crippen MR) is 104 cm³/mol. The quantitative estimate of drug-likeness (QED) is 0.162. The first kappa shape index (κ1) is 19.3. The Bertz CT molecular complexity index is 916. The fourth-order valence-electron chi connectivity index (χ4n) is 2.38. The highest BCUT2D eigenvalue weighted by Gasteiger charge is 2.23. The fraction of sp³-hybridized carbons (Fsp3) is 0.143. The van der Waals surface area contributed by atoms with Gasteiger partial charge in [0, 0.05) is 28.9 Å². The zero-order chi connectivity index (χ0) is 19.2. The number of aromatic amines is 1. The van der Waals surface area contributed by atoms with Gasteiger partial charge in [-0.05, 0) is 40.9 Å². The SMILES string of the molecule is NCNCNSc1ccc(-c2ccc(N)nc2)c(-c2nn[nH]n2)c1S(N)=O. The van der Waals surface area contributed by atoms with Gasteiger partial charge in [-0.1, -0.05) is 6.07 Å². The first-order valence-corrected chi connectivity index (χ1v) is 9.74. The Morgan fingerprint density at radius 3 is 2.74 bits per heavy atom. The van der Waals surface area contributed by atoms with Crippen LogP contribution in [-0.2, 0) is 11.0 Å². The molecule has 1 atom stereocenters. The molecule has 1 unspecified atom stereocenters. The van der Waals surface area contributed by atoms with Gasteiger partial charge in [-0.2, -0.15) is 5.21 Å². The number of hydrogen-bond donors (Lipinski definition) is 6. The van der Waals surface area contributed by atoms with Crippen LogP contribution in [0.4, 0.5) is 5.82 Å². The summed E-state index contributed by atoms with van der Waals surface area (Å²) in [6, 6.07) is 7.16. The van der Waals surface area contributed by atoms with E-state index < -0.39 is 11.0 Å². The second-order valence-corrected chi connectivity index (χ2v) is 7.13. The van der Waals surface area contributed by atoms with Crippen LogP contribution >= 0.6 is 11.9 Å². The van der Waals surface area contributed by atoms with Gasteiger partial charge in [0.05, 0.1) is 11.6 Å². The number of tetrazole rings is 1. The van der Waals surface area contributed by atoms with Gasteiger partial charge in [-0.15, -0.1) is 10.2 Å². The van der Waals surface area contributed by atoms with Crippen molar-refractivity contribution in [2.24, 2.45) is 10.9 Å². The van der Waals surface area contributed by atoms with Gasteiger partial charge < -0.3 is 11.5 Å². The van der Waals surface area contributed by atoms with Gasteiger partial charge in [0.2, 0.25) is 5.82 Å². The van der Waals surface area contributed by atoms with E-state index in [0.717, 1.165) is 5.56 Å². The van der Waals surface area contributed by atoms with E-state index in [0.29, 0.717) is 40.1 Å². The van der Waals surface area contributed by atoms with E-state index in [2.05, 4.69) is 35.6 Å². The van der Waals surface area contributed by atoms with E-state index in [4.69, 9.17) is 16.6 Å². The third-order valence-electron chi connectivity index (χ3n) is 3.51. The monoisotopic (exact) mass is 406 g/mol. The Labute approximate surface area is 161 Å². The summed E-state index contributed by atoms with van der Waals surface area (Å²) in [6.45, 7) is 0.791. The van der Waals surface area contributed by atoms with Gasteiger partial charge in [0.15, 0.2) is 0 Å². The lowest BCUT2D eigenvalue weighted by atomic mass is 10.0. The number of rotatable bonds is 8. The molecule has 11 nitrogen and oxygen atoms in total. The number of nitrogen functional groups attached to an aromatic ring is 1. The predicted octanol–water partition coefficient (Wildman–Crippen LogP) is -0.448. The Kier molecular flexibility index (Phi) is 6.44. The van der Waals surface area contributed by atoms with E-state index >= 15 is 0 Å². The number of hydrogen-bond acceptors (Lipinski definition) is 10. The molecule has 2 heterocycles. The molecule has 13 heteroatoms. The van der Waals surface area contributed by atoms with Crippen LogP contribution in [0.1, 0.15) is 0 Å². The van der Waals surface area contributed by atoms with E-state index in [-0.39, 0.29) is 5.82 Å². The highest BCUT2D eigenvalue weighted by Crippen LogP contribution is 2.38. The number of pyridine rings is 1. The average molecular weight is 407 g/mol. The summed E-state index contributed by atoms with van der Waals surface area (Å²) >= 11 is 1.27. The lowest BCUT2D eigenvalue weighted by Gasteiger charge is -2.15. The summed E-state index contributed by atoms with van der Waals surface area (Å²) < 4.78 is 15.5. The van der Waals surface area contributed by atoms with Crippen molar-refractivity contribution in [1.29, 1.82) is 0 Å². The highest BCUT2D eigenvalue weighted by atomic mass is 32.2. The normalized spacial score (nSPS) is 12.2. The number of nitrogens with two attached hydrogens (primary N) is 3. The summed E-state index contributed by atoms with van der Waals surface area (Å²) in [7, 11) is -1.81. The number of nitrogens with zero attached hydrogens (tertiary/aromatic N) is 4. The second-order valence-electron chi connectivity index (χ2n) is 5.20. The topological polar surface area (TPSA) is 187 Å². The number of anilines is 1. The minimum absolute atomic E-state index is 0.276. The van der Waals surface area contributed by atoms with Crippen LogP contribution in [0.2, 0.25) is 0 Å². The molecule has 1 aromatic carbocycles. The third kappa shape index (κ3) is 4.47. The number of H-pyrrole nitrogens is 1. The zero-order valence-corrected chi connectivity index (χ0v) is 15.7. The third-order valence-corrected chi connectivity index (χ3v) is 5.32. The molecule has 0 radical (unpaired) electrons. The Morgan fingerprint density at radius 2 is 2.11 bits per heavy atom. The van der Waals surface area contributed by atoms with Crippen LogP contribution < -0.4 is 26.6 Å². The van der Waals surface area contributed by atoms with E-state index in [1.54, 1.807) is 18.3 Å². The fourth-order valence-corrected chi connectivity index (χ4v) is 4.08. The van der Waals surface area contributed by atoms with Crippen molar-refractivity contribution >= 4 is 28.8 Å². The molecule has 3 aromatic rings. The van der Waals surface area contributed by atoms with E-state index in [9.17, 15) is 4.21 Å². The molecule has 0 saturated carbocycles. The molecule has 0 aliphatic heterocycles. The Hall–Kier alpha value is -2.42. The minimum atomic E-state index is -1.81. The number of benzene rings is 1. The lowest BCUT2D eigenvalue weighted by molar-refractivity contribution is 0.682. The largest absolute Gasteiger partial charge is 0.384 e. The molecule has 0 aliphatic carbocycles. The van der Waals surface area contributed by atoms with Crippen LogP contribution in [-0.4, -0.2) is 43.2 Å². The first-order valence-electron chi connectivity index (χ1n) is 7.71. The molecular weight excluding hydrogens is 388 g/mol. The summed E-state index contributed by atoms with van der Waals surface area (Å²) in [5.74, 6) is 0.671. The Morgan fingerprint density at radius 1 is 1.26 bits per heavy atom. The van der Waals surface area contributed by atoms with Crippen LogP contribution in [0, 0.1) is 0 Å². The van der Waals surface area contributed by atoms with Gasteiger partial charge in [0.1, 0.15) is 16.8 Å². The summed E-state index contributed by atoms with van der Waals surface area (Å²) in [4.78, 5) is 5.17. The van der Waals surface area contributed by atoms with Crippen molar-refractivity contribution in [2.45, 2.75) is 9.79 Å². The second kappa shape index (κ2) is 8.98. The van der Waals surface area contributed by atoms with Crippen LogP contribution in [0.5, 0.6) is 0 Å². The minimum Gasteiger partial charge on any atom is -0.384 e. The molecule has 0 saturated heterocycles. The lowest BCUT2D eigenvalue weighted by Crippen LogP contribution is -2.29. The molecule has 0 amide bonds. The molecule has 0 aliphatic rings. The van der Waals surface area contributed by atoms with E-state index in [1.807, 2.05) is 12.1 Å². The maximum absolute atomic E-state index is 12.4. The molecule has 3 rings (SSSR count). The van der Waals surface area contributed by atoms with Crippen molar-refractivity contribution in [3.8, 4) is 22.5 Å². The highest BCUT2D eigenvalue weighted by molar-refractivity contribution is 7.98. The molecule has 2 aromatic heterocycles. The van der Waals surface area contributed by atoms with Crippen molar-refractivity contribution in [2.75, 3.05) is 19.1 Å². The van der Waals surface area contributed by atoms with Crippen LogP contribution in [0.15, 0.2) is 40.3 Å². The first-order chi connectivity index (χ1) is 13.1. The molecule has 9 N–H and O–H groups in total. The zero-order valence-electron chi connectivity index (χ0n) is 14.0. The van der Waals surface area contributed by atoms with Gasteiger partial charge >= 0.3 is 0 Å². The summed E-state index contributed by atoms with van der Waals surface area (Å²) in [5, 5.41) is 22.8.